The molecule has 76 valence electrons. The Morgan fingerprint density at radius 3 is 2.71 bits per heavy atom. The quantitative estimate of drug-likeness (QED) is 0.796. The number of anilines is 2. The van der Waals surface area contributed by atoms with Crippen LogP contribution in [0.25, 0.3) is 0 Å². The van der Waals surface area contributed by atoms with E-state index < -0.39 is 0 Å². The highest BCUT2D eigenvalue weighted by Crippen LogP contribution is 2.46. The molecule has 4 nitrogen and oxygen atoms in total. The minimum atomic E-state index is 0.362. The van der Waals surface area contributed by atoms with Gasteiger partial charge in [-0.25, -0.2) is 4.98 Å². The van der Waals surface area contributed by atoms with Crippen LogP contribution in [0.15, 0.2) is 10.7 Å². The average Bonchev–Trinajstić information content (AvgIpc) is 2.55. The minimum Gasteiger partial charge on any atom is -0.383 e. The number of hydrogen-bond donors (Lipinski definition) is 2. The van der Waals surface area contributed by atoms with Crippen molar-refractivity contribution in [3.63, 3.8) is 0 Å². The van der Waals surface area contributed by atoms with Crippen molar-refractivity contribution in [1.82, 2.24) is 9.97 Å². The Balaban J connectivity index is 2.10. The number of hydrogen-bond acceptors (Lipinski definition) is 4. The maximum atomic E-state index is 5.60. The van der Waals surface area contributed by atoms with E-state index in [9.17, 15) is 0 Å². The van der Waals surface area contributed by atoms with E-state index in [-0.39, 0.29) is 0 Å². The summed E-state index contributed by atoms with van der Waals surface area (Å²) in [6.07, 6.45) is 1.16. The van der Waals surface area contributed by atoms with Gasteiger partial charge in [-0.05, 0) is 27.8 Å². The molecule has 0 spiro atoms. The second kappa shape index (κ2) is 3.08. The van der Waals surface area contributed by atoms with Crippen molar-refractivity contribution in [2.24, 2.45) is 5.41 Å². The van der Waals surface area contributed by atoms with Crippen LogP contribution in [0.4, 0.5) is 11.8 Å². The lowest BCUT2D eigenvalue weighted by atomic mass is 10.2. The summed E-state index contributed by atoms with van der Waals surface area (Å²) in [6, 6.07) is 2.15. The largest absolute Gasteiger partial charge is 0.383 e. The maximum Gasteiger partial charge on any atom is 0.225 e. The lowest BCUT2D eigenvalue weighted by Crippen LogP contribution is -2.11. The highest BCUT2D eigenvalue weighted by Gasteiger charge is 2.46. The summed E-state index contributed by atoms with van der Waals surface area (Å²) in [7, 11) is 0. The number of aromatic nitrogens is 2. The monoisotopic (exact) mass is 256 g/mol. The molecule has 1 aliphatic rings. The molecule has 1 saturated carbocycles. The second-order valence-electron chi connectivity index (χ2n) is 4.33. The molecule has 1 fully saturated rings. The van der Waals surface area contributed by atoms with E-state index in [2.05, 4.69) is 45.1 Å². The van der Waals surface area contributed by atoms with Crippen molar-refractivity contribution in [2.45, 2.75) is 26.3 Å². The number of halogens is 1. The molecule has 1 heterocycles. The van der Waals surface area contributed by atoms with Crippen molar-refractivity contribution in [1.29, 1.82) is 0 Å². The molecule has 0 aliphatic heterocycles. The summed E-state index contributed by atoms with van der Waals surface area (Å²) in [5, 5.41) is 3.26. The highest BCUT2D eigenvalue weighted by atomic mass is 79.9. The number of nitrogens with zero attached hydrogens (tertiary/aromatic N) is 2. The fourth-order valence-electron chi connectivity index (χ4n) is 1.37. The van der Waals surface area contributed by atoms with Crippen molar-refractivity contribution in [3.05, 3.63) is 10.7 Å². The zero-order valence-electron chi connectivity index (χ0n) is 8.21. The molecule has 0 amide bonds. The molecule has 1 aromatic heterocycles. The molecule has 3 N–H and O–H groups in total. The average molecular weight is 257 g/mol. The van der Waals surface area contributed by atoms with Gasteiger partial charge in [0, 0.05) is 12.1 Å². The van der Waals surface area contributed by atoms with Crippen LogP contribution in [0, 0.1) is 5.41 Å². The summed E-state index contributed by atoms with van der Waals surface area (Å²) >= 11 is 3.28. The van der Waals surface area contributed by atoms with Crippen LogP contribution in [0.5, 0.6) is 0 Å². The first-order valence-corrected chi connectivity index (χ1v) is 5.33. The third-order valence-corrected chi connectivity index (χ3v) is 2.94. The Morgan fingerprint density at radius 1 is 1.57 bits per heavy atom. The maximum absolute atomic E-state index is 5.60. The zero-order valence-corrected chi connectivity index (χ0v) is 9.80. The highest BCUT2D eigenvalue weighted by molar-refractivity contribution is 9.10. The summed E-state index contributed by atoms with van der Waals surface area (Å²) < 4.78 is 0.714. The van der Waals surface area contributed by atoms with Crippen molar-refractivity contribution in [2.75, 3.05) is 11.1 Å². The molecule has 0 aromatic carbocycles. The van der Waals surface area contributed by atoms with Gasteiger partial charge >= 0.3 is 0 Å². The third kappa shape index (κ3) is 1.97. The molecule has 14 heavy (non-hydrogen) atoms. The number of rotatable bonds is 2. The molecule has 1 aliphatic carbocycles. The topological polar surface area (TPSA) is 63.8 Å². The van der Waals surface area contributed by atoms with E-state index in [0.717, 1.165) is 6.42 Å². The predicted molar refractivity (Wildman–Crippen MR) is 60.0 cm³/mol. The van der Waals surface area contributed by atoms with Crippen LogP contribution < -0.4 is 11.1 Å². The zero-order chi connectivity index (χ0) is 10.3. The van der Waals surface area contributed by atoms with E-state index in [1.54, 1.807) is 6.07 Å². The van der Waals surface area contributed by atoms with Crippen LogP contribution in [0.3, 0.4) is 0 Å². The Hall–Kier alpha value is -0.840. The molecule has 5 heteroatoms. The fourth-order valence-corrected chi connectivity index (χ4v) is 1.77. The molecule has 1 aromatic rings. The summed E-state index contributed by atoms with van der Waals surface area (Å²) in [5.74, 6) is 1.08. The smallest absolute Gasteiger partial charge is 0.225 e. The van der Waals surface area contributed by atoms with Gasteiger partial charge in [0.2, 0.25) is 5.95 Å². The molecular formula is C9H13BrN4. The number of nitrogens with two attached hydrogens (primary N) is 1. The summed E-state index contributed by atoms with van der Waals surface area (Å²) in [6.45, 7) is 4.43. The van der Waals surface area contributed by atoms with Crippen LogP contribution >= 0.6 is 15.9 Å². The number of nitrogens with one attached hydrogen (secondary N) is 1. The molecule has 0 saturated heterocycles. The second-order valence-corrected chi connectivity index (χ2v) is 5.14. The van der Waals surface area contributed by atoms with Crippen LogP contribution in [-0.4, -0.2) is 16.0 Å². The Morgan fingerprint density at radius 2 is 2.21 bits per heavy atom. The van der Waals surface area contributed by atoms with Crippen molar-refractivity contribution in [3.8, 4) is 0 Å². The van der Waals surface area contributed by atoms with Gasteiger partial charge in [-0.3, -0.25) is 0 Å². The van der Waals surface area contributed by atoms with Gasteiger partial charge in [0.1, 0.15) is 10.4 Å². The van der Waals surface area contributed by atoms with E-state index in [4.69, 9.17) is 5.73 Å². The summed E-state index contributed by atoms with van der Waals surface area (Å²) in [4.78, 5) is 8.30. The van der Waals surface area contributed by atoms with Crippen molar-refractivity contribution < 1.29 is 0 Å². The third-order valence-electron chi connectivity index (χ3n) is 2.53. The van der Waals surface area contributed by atoms with Gasteiger partial charge in [-0.1, -0.05) is 13.8 Å². The molecular weight excluding hydrogens is 244 g/mol. The van der Waals surface area contributed by atoms with E-state index in [0.29, 0.717) is 27.8 Å². The Kier molecular flexibility index (Phi) is 2.14. The molecule has 0 bridgehead atoms. The van der Waals surface area contributed by atoms with Gasteiger partial charge in [0.05, 0.1) is 0 Å². The number of nitrogen functional groups attached to an aromatic ring is 1. The van der Waals surface area contributed by atoms with Crippen LogP contribution in [-0.2, 0) is 0 Å². The Labute approximate surface area is 91.4 Å². The first-order valence-electron chi connectivity index (χ1n) is 4.54. The van der Waals surface area contributed by atoms with E-state index >= 15 is 0 Å². The first kappa shape index (κ1) is 9.71. The molecule has 2 rings (SSSR count). The SMILES string of the molecule is CC1(C)CC1Nc1nc(N)cc(Br)n1. The predicted octanol–water partition coefficient (Wildman–Crippen LogP) is 2.03. The molecule has 1 atom stereocenters. The van der Waals surface area contributed by atoms with Gasteiger partial charge < -0.3 is 11.1 Å². The van der Waals surface area contributed by atoms with Crippen molar-refractivity contribution >= 4 is 27.7 Å². The lowest BCUT2D eigenvalue weighted by Gasteiger charge is -2.06. The summed E-state index contributed by atoms with van der Waals surface area (Å²) in [5.41, 5.74) is 5.96. The fraction of sp³-hybridized carbons (Fsp3) is 0.556. The van der Waals surface area contributed by atoms with Gasteiger partial charge in [-0.2, -0.15) is 4.98 Å². The van der Waals surface area contributed by atoms with Gasteiger partial charge in [0.15, 0.2) is 0 Å². The molecule has 1 unspecified atom stereocenters. The molecule has 0 radical (unpaired) electrons. The standard InChI is InChI=1S/C9H13BrN4/c1-9(2)4-5(9)12-8-13-6(10)3-7(11)14-8/h3,5H,4H2,1-2H3,(H3,11,12,13,14). The first-order chi connectivity index (χ1) is 6.47. The normalized spacial score (nSPS) is 23.2. The van der Waals surface area contributed by atoms with Crippen LogP contribution in [0.2, 0.25) is 0 Å². The van der Waals surface area contributed by atoms with E-state index in [1.165, 1.54) is 0 Å². The van der Waals surface area contributed by atoms with Gasteiger partial charge in [-0.15, -0.1) is 0 Å². The van der Waals surface area contributed by atoms with Gasteiger partial charge in [0.25, 0.3) is 0 Å². The lowest BCUT2D eigenvalue weighted by molar-refractivity contribution is 0.629. The van der Waals surface area contributed by atoms with E-state index in [1.807, 2.05) is 0 Å². The Bertz CT molecular complexity index is 344. The van der Waals surface area contributed by atoms with Crippen LogP contribution in [0.1, 0.15) is 20.3 Å². The minimum absolute atomic E-state index is 0.362.